The van der Waals surface area contributed by atoms with Crippen LogP contribution >= 0.6 is 0 Å². The van der Waals surface area contributed by atoms with Crippen LogP contribution < -0.4 is 0 Å². The van der Waals surface area contributed by atoms with Gasteiger partial charge in [0.2, 0.25) is 0 Å². The lowest BCUT2D eigenvalue weighted by Crippen LogP contribution is -2.49. The summed E-state index contributed by atoms with van der Waals surface area (Å²) in [5.41, 5.74) is 2.20. The van der Waals surface area contributed by atoms with Crippen LogP contribution in [0.15, 0.2) is 28.8 Å². The van der Waals surface area contributed by atoms with E-state index >= 15 is 0 Å². The molecule has 1 saturated carbocycles. The quantitative estimate of drug-likeness (QED) is 0.904. The average molecular weight is 359 g/mol. The summed E-state index contributed by atoms with van der Waals surface area (Å²) in [6.07, 6.45) is 1.39. The molecular weight excluding hydrogens is 337 g/mol. The molecule has 1 unspecified atom stereocenters. The number of hydrogen-bond acceptors (Lipinski definition) is 4. The molecule has 1 N–H and O–H groups in total. The molecule has 2 heterocycles. The van der Waals surface area contributed by atoms with E-state index in [-0.39, 0.29) is 11.9 Å². The Hall–Kier alpha value is -2.41. The molecule has 6 nitrogen and oxygen atoms in total. The molecule has 138 valence electrons. The number of benzene rings is 1. The molecule has 4 rings (SSSR count). The molecule has 2 aliphatic rings. The first-order valence-corrected chi connectivity index (χ1v) is 8.98. The molecule has 7 heteroatoms. The highest BCUT2D eigenvalue weighted by Crippen LogP contribution is 2.45. The molecule has 2 fully saturated rings. The van der Waals surface area contributed by atoms with E-state index in [0.717, 1.165) is 24.1 Å². The SMILES string of the molecule is Cc1ccc(F)c(-c2cc(C(C3CC3)N3CCN(C(=O)O)CC3)no2)c1. The van der Waals surface area contributed by atoms with Crippen molar-refractivity contribution in [2.24, 2.45) is 5.92 Å². The Morgan fingerprint density at radius 2 is 2.00 bits per heavy atom. The van der Waals surface area contributed by atoms with E-state index in [9.17, 15) is 9.18 Å². The standard InChI is InChI=1S/C19H22FN3O3/c1-12-2-5-15(20)14(10-12)17-11-16(21-26-17)18(13-3-4-13)22-6-8-23(9-7-22)19(24)25/h2,5,10-11,13,18H,3-4,6-9H2,1H3,(H,24,25). The molecule has 1 aliphatic carbocycles. The number of aromatic nitrogens is 1. The second kappa shape index (κ2) is 6.72. The third-order valence-electron chi connectivity index (χ3n) is 5.27. The molecule has 2 aromatic rings. The van der Waals surface area contributed by atoms with Gasteiger partial charge >= 0.3 is 6.09 Å². The van der Waals surface area contributed by atoms with Crippen molar-refractivity contribution in [3.05, 3.63) is 41.3 Å². The molecule has 1 saturated heterocycles. The van der Waals surface area contributed by atoms with Gasteiger partial charge in [-0.3, -0.25) is 4.90 Å². The number of rotatable bonds is 4. The predicted molar refractivity (Wildman–Crippen MR) is 93.3 cm³/mol. The van der Waals surface area contributed by atoms with E-state index in [4.69, 9.17) is 9.63 Å². The highest BCUT2D eigenvalue weighted by Gasteiger charge is 2.39. The summed E-state index contributed by atoms with van der Waals surface area (Å²) in [6.45, 7) is 4.25. The fourth-order valence-electron chi connectivity index (χ4n) is 3.71. The Bertz CT molecular complexity index is 810. The van der Waals surface area contributed by atoms with Gasteiger partial charge in [0.05, 0.1) is 11.6 Å². The molecule has 0 radical (unpaired) electrons. The van der Waals surface area contributed by atoms with Crippen molar-refractivity contribution in [2.75, 3.05) is 26.2 Å². The van der Waals surface area contributed by atoms with E-state index in [0.29, 0.717) is 43.4 Å². The molecule has 1 aromatic heterocycles. The van der Waals surface area contributed by atoms with Crippen LogP contribution in [0.4, 0.5) is 9.18 Å². The van der Waals surface area contributed by atoms with Crippen molar-refractivity contribution in [3.8, 4) is 11.3 Å². The lowest BCUT2D eigenvalue weighted by atomic mass is 10.0. The van der Waals surface area contributed by atoms with Gasteiger partial charge in [0.1, 0.15) is 11.5 Å². The minimum Gasteiger partial charge on any atom is -0.465 e. The topological polar surface area (TPSA) is 69.8 Å². The monoisotopic (exact) mass is 359 g/mol. The maximum Gasteiger partial charge on any atom is 0.407 e. The Kier molecular flexibility index (Phi) is 4.40. The fourth-order valence-corrected chi connectivity index (χ4v) is 3.71. The van der Waals surface area contributed by atoms with Gasteiger partial charge in [-0.2, -0.15) is 0 Å². The van der Waals surface area contributed by atoms with Crippen molar-refractivity contribution in [2.45, 2.75) is 25.8 Å². The molecule has 0 bridgehead atoms. The van der Waals surface area contributed by atoms with Gasteiger partial charge in [0.15, 0.2) is 5.76 Å². The summed E-state index contributed by atoms with van der Waals surface area (Å²) in [5.74, 6) is 0.624. The highest BCUT2D eigenvalue weighted by atomic mass is 19.1. The van der Waals surface area contributed by atoms with Crippen LogP contribution in [0.3, 0.4) is 0 Å². The summed E-state index contributed by atoms with van der Waals surface area (Å²) in [6, 6.07) is 6.87. The van der Waals surface area contributed by atoms with E-state index in [1.54, 1.807) is 12.1 Å². The molecule has 1 atom stereocenters. The van der Waals surface area contributed by atoms with Crippen molar-refractivity contribution in [1.82, 2.24) is 15.0 Å². The zero-order chi connectivity index (χ0) is 18.3. The average Bonchev–Trinajstić information content (AvgIpc) is 3.34. The van der Waals surface area contributed by atoms with E-state index in [1.165, 1.54) is 11.0 Å². The van der Waals surface area contributed by atoms with Crippen LogP contribution in [-0.2, 0) is 0 Å². The number of nitrogens with zero attached hydrogens (tertiary/aromatic N) is 3. The van der Waals surface area contributed by atoms with Crippen molar-refractivity contribution in [3.63, 3.8) is 0 Å². The summed E-state index contributed by atoms with van der Waals surface area (Å²) >= 11 is 0. The van der Waals surface area contributed by atoms with Gasteiger partial charge in [0.25, 0.3) is 0 Å². The molecule has 1 amide bonds. The van der Waals surface area contributed by atoms with Gasteiger partial charge in [-0.1, -0.05) is 16.8 Å². The molecule has 26 heavy (non-hydrogen) atoms. The zero-order valence-electron chi connectivity index (χ0n) is 14.7. The van der Waals surface area contributed by atoms with Crippen molar-refractivity contribution in [1.29, 1.82) is 0 Å². The fraction of sp³-hybridized carbons (Fsp3) is 0.474. The molecule has 1 aromatic carbocycles. The van der Waals surface area contributed by atoms with Crippen molar-refractivity contribution >= 4 is 6.09 Å². The summed E-state index contributed by atoms with van der Waals surface area (Å²) in [5, 5.41) is 13.4. The highest BCUT2D eigenvalue weighted by molar-refractivity contribution is 5.65. The number of halogens is 1. The maximum atomic E-state index is 14.2. The second-order valence-electron chi connectivity index (χ2n) is 7.19. The van der Waals surface area contributed by atoms with Crippen LogP contribution in [0.25, 0.3) is 11.3 Å². The minimum atomic E-state index is -0.869. The largest absolute Gasteiger partial charge is 0.465 e. The predicted octanol–water partition coefficient (Wildman–Crippen LogP) is 3.54. The van der Waals surface area contributed by atoms with Crippen LogP contribution in [0.2, 0.25) is 0 Å². The third-order valence-corrected chi connectivity index (χ3v) is 5.27. The third kappa shape index (κ3) is 3.31. The maximum absolute atomic E-state index is 14.2. The van der Waals surface area contributed by atoms with E-state index in [2.05, 4.69) is 10.1 Å². The number of carbonyl (C=O) groups is 1. The second-order valence-corrected chi connectivity index (χ2v) is 7.19. The Labute approximate surface area is 151 Å². The van der Waals surface area contributed by atoms with Crippen molar-refractivity contribution < 1.29 is 18.8 Å². The first-order chi connectivity index (χ1) is 12.5. The van der Waals surface area contributed by atoms with E-state index < -0.39 is 6.09 Å². The Balaban J connectivity index is 1.56. The lowest BCUT2D eigenvalue weighted by molar-refractivity contribution is 0.0762. The first kappa shape index (κ1) is 17.0. The van der Waals surface area contributed by atoms with Gasteiger partial charge in [-0.05, 0) is 37.8 Å². The number of amides is 1. The van der Waals surface area contributed by atoms with Crippen LogP contribution in [0, 0.1) is 18.7 Å². The molecule has 0 spiro atoms. The summed E-state index contributed by atoms with van der Waals surface area (Å²) < 4.78 is 19.6. The molecule has 1 aliphatic heterocycles. The number of aryl methyl sites for hydroxylation is 1. The Morgan fingerprint density at radius 3 is 2.65 bits per heavy atom. The lowest BCUT2D eigenvalue weighted by Gasteiger charge is -2.37. The van der Waals surface area contributed by atoms with Gasteiger partial charge in [-0.25, -0.2) is 9.18 Å². The van der Waals surface area contributed by atoms with Crippen LogP contribution in [0.5, 0.6) is 0 Å². The normalized spacial score (nSPS) is 19.5. The first-order valence-electron chi connectivity index (χ1n) is 8.98. The van der Waals surface area contributed by atoms with Gasteiger partial charge < -0.3 is 14.5 Å². The van der Waals surface area contributed by atoms with Gasteiger partial charge in [0, 0.05) is 32.2 Å². The Morgan fingerprint density at radius 1 is 1.27 bits per heavy atom. The smallest absolute Gasteiger partial charge is 0.407 e. The van der Waals surface area contributed by atoms with Crippen LogP contribution in [0.1, 0.15) is 30.1 Å². The summed E-state index contributed by atoms with van der Waals surface area (Å²) in [4.78, 5) is 14.8. The van der Waals surface area contributed by atoms with Crippen LogP contribution in [-0.4, -0.2) is 52.3 Å². The van der Waals surface area contributed by atoms with Gasteiger partial charge in [-0.15, -0.1) is 0 Å². The molecular formula is C19H22FN3O3. The number of hydrogen-bond donors (Lipinski definition) is 1. The minimum absolute atomic E-state index is 0.108. The number of piperazine rings is 1. The summed E-state index contributed by atoms with van der Waals surface area (Å²) in [7, 11) is 0. The zero-order valence-corrected chi connectivity index (χ0v) is 14.7. The number of carboxylic acid groups (broad SMARTS) is 1. The van der Waals surface area contributed by atoms with E-state index in [1.807, 2.05) is 13.0 Å².